The average molecular weight is 642 g/mol. The summed E-state index contributed by atoms with van der Waals surface area (Å²) in [4.78, 5) is 20.1. The lowest BCUT2D eigenvalue weighted by molar-refractivity contribution is -0.142. The van der Waals surface area contributed by atoms with Crippen molar-refractivity contribution in [1.29, 1.82) is 0 Å². The van der Waals surface area contributed by atoms with Gasteiger partial charge in [-0.2, -0.15) is 0 Å². The summed E-state index contributed by atoms with van der Waals surface area (Å²) in [5.74, 6) is 1.38. The minimum Gasteiger partial charge on any atom is -0.493 e. The number of rotatable bonds is 16. The number of carbonyl (C=O) groups excluding carboxylic acids is 1. The summed E-state index contributed by atoms with van der Waals surface area (Å²) in [6.45, 7) is 13.1. The SMILES string of the molecule is C=C(C(/C=C\C)=C/C)N(c1cccc(CCOc2ccc(CC(NC(=CCC)C3=C(Cl)CCC=C3C)C(=O)OC)cc2)n1)C1CC1. The highest BCUT2D eigenvalue weighted by molar-refractivity contribution is 6.30. The number of ether oxygens (including phenoxy) is 2. The Balaban J connectivity index is 1.38. The molecule has 2 aromatic rings. The maximum absolute atomic E-state index is 12.8. The molecule has 0 aliphatic heterocycles. The maximum atomic E-state index is 12.8. The van der Waals surface area contributed by atoms with Crippen LogP contribution in [0.25, 0.3) is 0 Å². The first-order valence-electron chi connectivity index (χ1n) is 16.3. The fraction of sp³-hybridized carbons (Fsp3) is 0.385. The van der Waals surface area contributed by atoms with Crippen molar-refractivity contribution in [2.75, 3.05) is 18.6 Å². The lowest BCUT2D eigenvalue weighted by atomic mass is 9.94. The van der Waals surface area contributed by atoms with E-state index >= 15 is 0 Å². The molecule has 0 spiro atoms. The Bertz CT molecular complexity index is 1530. The average Bonchev–Trinajstić information content (AvgIpc) is 3.89. The molecule has 0 bridgehead atoms. The van der Waals surface area contributed by atoms with E-state index in [1.54, 1.807) is 0 Å². The number of benzene rings is 1. The van der Waals surface area contributed by atoms with E-state index in [2.05, 4.69) is 67.1 Å². The van der Waals surface area contributed by atoms with Gasteiger partial charge in [0.2, 0.25) is 0 Å². The molecule has 1 saturated carbocycles. The van der Waals surface area contributed by atoms with Gasteiger partial charge in [0.05, 0.1) is 13.7 Å². The third kappa shape index (κ3) is 9.26. The zero-order valence-corrected chi connectivity index (χ0v) is 28.7. The van der Waals surface area contributed by atoms with Gasteiger partial charge in [0, 0.05) is 46.6 Å². The van der Waals surface area contributed by atoms with Gasteiger partial charge in [-0.1, -0.05) is 73.7 Å². The van der Waals surface area contributed by atoms with E-state index in [0.29, 0.717) is 25.5 Å². The molecule has 1 heterocycles. The molecule has 1 N–H and O–H groups in total. The molecule has 0 saturated heterocycles. The largest absolute Gasteiger partial charge is 0.493 e. The van der Waals surface area contributed by atoms with E-state index in [1.165, 1.54) is 7.11 Å². The molecule has 1 fully saturated rings. The number of pyridine rings is 1. The van der Waals surface area contributed by atoms with Crippen molar-refractivity contribution < 1.29 is 14.3 Å². The summed E-state index contributed by atoms with van der Waals surface area (Å²) in [6, 6.07) is 13.9. The zero-order valence-electron chi connectivity index (χ0n) is 27.9. The molecular weight excluding hydrogens is 594 g/mol. The van der Waals surface area contributed by atoms with Crippen LogP contribution in [0.4, 0.5) is 5.82 Å². The number of carbonyl (C=O) groups is 1. The Morgan fingerprint density at radius 1 is 1.20 bits per heavy atom. The van der Waals surface area contributed by atoms with E-state index in [4.69, 9.17) is 26.1 Å². The number of hydrogen-bond acceptors (Lipinski definition) is 6. The lowest BCUT2D eigenvalue weighted by Gasteiger charge is -2.27. The molecular formula is C39H48ClN3O3. The molecule has 6 nitrogen and oxygen atoms in total. The Kier molecular flexibility index (Phi) is 12.9. The summed E-state index contributed by atoms with van der Waals surface area (Å²) in [6.07, 6.45) is 16.5. The second-order valence-corrected chi connectivity index (χ2v) is 12.1. The number of allylic oxidation sites excluding steroid dienone is 7. The molecule has 244 valence electrons. The molecule has 1 aromatic carbocycles. The van der Waals surface area contributed by atoms with E-state index in [-0.39, 0.29) is 5.97 Å². The van der Waals surface area contributed by atoms with Crippen LogP contribution in [0.2, 0.25) is 0 Å². The summed E-state index contributed by atoms with van der Waals surface area (Å²) < 4.78 is 11.3. The number of nitrogens with one attached hydrogen (secondary N) is 1. The molecule has 46 heavy (non-hydrogen) atoms. The Morgan fingerprint density at radius 3 is 2.59 bits per heavy atom. The topological polar surface area (TPSA) is 63.7 Å². The summed E-state index contributed by atoms with van der Waals surface area (Å²) in [5, 5.41) is 4.26. The van der Waals surface area contributed by atoms with Crippen molar-refractivity contribution in [2.45, 2.75) is 84.7 Å². The monoisotopic (exact) mass is 641 g/mol. The molecule has 2 aliphatic rings. The van der Waals surface area contributed by atoms with Gasteiger partial charge in [-0.25, -0.2) is 9.78 Å². The quantitative estimate of drug-likeness (QED) is 0.146. The first kappa shape index (κ1) is 34.8. The van der Waals surface area contributed by atoms with Crippen LogP contribution in [-0.4, -0.2) is 36.8 Å². The minimum absolute atomic E-state index is 0.321. The third-order valence-electron chi connectivity index (χ3n) is 8.20. The standard InChI is InChI=1S/C39H48ClN3O3/c1-7-12-30(9-3)28(5)43(32-20-21-32)37-17-11-15-31(41-37)24-25-46-33-22-18-29(19-23-33)26-36(39(44)45-6)42-35(13-8-2)38-27(4)14-10-16-34(38)40/h7,9,11-15,17-19,22-23,32,36,42H,5,8,10,16,20-21,24-26H2,1-4,6H3/b12-7-,30-9+,35-13?. The van der Waals surface area contributed by atoms with Crippen LogP contribution in [0.15, 0.2) is 113 Å². The van der Waals surface area contributed by atoms with Gasteiger partial charge in [-0.3, -0.25) is 0 Å². The zero-order chi connectivity index (χ0) is 33.1. The molecule has 4 rings (SSSR count). The fourth-order valence-corrected chi connectivity index (χ4v) is 6.06. The number of halogens is 1. The number of aromatic nitrogens is 1. The van der Waals surface area contributed by atoms with Crippen LogP contribution in [0.3, 0.4) is 0 Å². The van der Waals surface area contributed by atoms with E-state index in [9.17, 15) is 4.79 Å². The highest BCUT2D eigenvalue weighted by Crippen LogP contribution is 2.36. The normalized spacial score (nSPS) is 16.3. The Labute approximate surface area is 280 Å². The molecule has 1 unspecified atom stereocenters. The molecule has 1 aromatic heterocycles. The molecule has 0 radical (unpaired) electrons. The van der Waals surface area contributed by atoms with E-state index in [1.807, 2.05) is 50.3 Å². The highest BCUT2D eigenvalue weighted by Gasteiger charge is 2.32. The predicted octanol–water partition coefficient (Wildman–Crippen LogP) is 8.91. The fourth-order valence-electron chi connectivity index (χ4n) is 5.70. The molecule has 1 atom stereocenters. The van der Waals surface area contributed by atoms with Crippen molar-refractivity contribution in [3.05, 3.63) is 124 Å². The molecule has 7 heteroatoms. The maximum Gasteiger partial charge on any atom is 0.328 e. The minimum atomic E-state index is -0.562. The summed E-state index contributed by atoms with van der Waals surface area (Å²) in [7, 11) is 1.42. The van der Waals surface area contributed by atoms with Crippen molar-refractivity contribution in [3.8, 4) is 5.75 Å². The second kappa shape index (κ2) is 17.0. The molecule has 0 amide bonds. The van der Waals surface area contributed by atoms with E-state index in [0.717, 1.165) is 88.1 Å². The lowest BCUT2D eigenvalue weighted by Crippen LogP contribution is -2.39. The third-order valence-corrected chi connectivity index (χ3v) is 8.57. The first-order valence-corrected chi connectivity index (χ1v) is 16.7. The van der Waals surface area contributed by atoms with Gasteiger partial charge in [-0.15, -0.1) is 0 Å². The van der Waals surface area contributed by atoms with Crippen LogP contribution >= 0.6 is 11.6 Å². The Hall–Kier alpha value is -4.03. The number of nitrogens with zero attached hydrogens (tertiary/aromatic N) is 2. The number of methoxy groups -OCH3 is 1. The van der Waals surface area contributed by atoms with Crippen molar-refractivity contribution >= 4 is 23.4 Å². The van der Waals surface area contributed by atoms with Gasteiger partial charge in [0.15, 0.2) is 0 Å². The molecule has 2 aliphatic carbocycles. The van der Waals surface area contributed by atoms with Gasteiger partial charge in [0.1, 0.15) is 17.6 Å². The van der Waals surface area contributed by atoms with Gasteiger partial charge >= 0.3 is 5.97 Å². The highest BCUT2D eigenvalue weighted by atomic mass is 35.5. The van der Waals surface area contributed by atoms with Crippen LogP contribution in [-0.2, 0) is 22.4 Å². The van der Waals surface area contributed by atoms with Crippen LogP contribution in [0, 0.1) is 0 Å². The van der Waals surface area contributed by atoms with Gasteiger partial charge in [0.25, 0.3) is 0 Å². The van der Waals surface area contributed by atoms with Gasteiger partial charge < -0.3 is 19.7 Å². The van der Waals surface area contributed by atoms with Crippen LogP contribution in [0.1, 0.15) is 71.1 Å². The smallest absolute Gasteiger partial charge is 0.328 e. The van der Waals surface area contributed by atoms with Crippen molar-refractivity contribution in [1.82, 2.24) is 10.3 Å². The number of anilines is 1. The van der Waals surface area contributed by atoms with Crippen molar-refractivity contribution in [3.63, 3.8) is 0 Å². The van der Waals surface area contributed by atoms with Crippen LogP contribution < -0.4 is 15.0 Å². The summed E-state index contributed by atoms with van der Waals surface area (Å²) in [5.41, 5.74) is 7.03. The van der Waals surface area contributed by atoms with Crippen LogP contribution in [0.5, 0.6) is 5.75 Å². The Morgan fingerprint density at radius 2 is 1.96 bits per heavy atom. The van der Waals surface area contributed by atoms with Gasteiger partial charge in [-0.05, 0) is 93.9 Å². The predicted molar refractivity (Wildman–Crippen MR) is 190 cm³/mol. The first-order chi connectivity index (χ1) is 22.3. The summed E-state index contributed by atoms with van der Waals surface area (Å²) >= 11 is 6.65. The number of esters is 1. The van der Waals surface area contributed by atoms with E-state index < -0.39 is 6.04 Å². The van der Waals surface area contributed by atoms with Crippen molar-refractivity contribution in [2.24, 2.45) is 0 Å². The number of hydrogen-bond donors (Lipinski definition) is 1. The second-order valence-electron chi connectivity index (χ2n) is 11.7.